The van der Waals surface area contributed by atoms with Gasteiger partial charge < -0.3 is 9.52 Å². The first-order chi connectivity index (χ1) is 3.80. The van der Waals surface area contributed by atoms with Crippen molar-refractivity contribution in [3.63, 3.8) is 0 Å². The molecule has 0 saturated carbocycles. The molecule has 5 heteroatoms. The van der Waals surface area contributed by atoms with E-state index in [0.29, 0.717) is 0 Å². The third kappa shape index (κ3) is 3.03. The van der Waals surface area contributed by atoms with E-state index < -0.39 is 5.97 Å². The molecule has 0 aliphatic heterocycles. The summed E-state index contributed by atoms with van der Waals surface area (Å²) in [6, 6.07) is 2.92. The van der Waals surface area contributed by atoms with Crippen LogP contribution in [-0.2, 0) is 0 Å². The Morgan fingerprint density at radius 1 is 1.50 bits per heavy atom. The van der Waals surface area contributed by atoms with Gasteiger partial charge in [0.15, 0.2) is 0 Å². The fourth-order valence-electron chi connectivity index (χ4n) is 0.400. The molecule has 1 aromatic rings. The molecule has 1 heterocycles. The van der Waals surface area contributed by atoms with Crippen LogP contribution in [0.3, 0.4) is 0 Å². The summed E-state index contributed by atoms with van der Waals surface area (Å²) in [5.41, 5.74) is 0. The maximum atomic E-state index is 9.97. The summed E-state index contributed by atoms with van der Waals surface area (Å²) >= 11 is 0. The summed E-state index contributed by atoms with van der Waals surface area (Å²) in [7, 11) is 0. The van der Waals surface area contributed by atoms with Crippen LogP contribution in [-0.4, -0.2) is 11.1 Å². The zero-order valence-electron chi connectivity index (χ0n) is 4.81. The maximum absolute atomic E-state index is 9.97. The number of halogens is 2. The van der Waals surface area contributed by atoms with Crippen molar-refractivity contribution in [3.8, 4) is 0 Å². The van der Waals surface area contributed by atoms with Crippen molar-refractivity contribution in [2.75, 3.05) is 0 Å². The van der Waals surface area contributed by atoms with Crippen LogP contribution in [0.2, 0.25) is 0 Å². The van der Waals surface area contributed by atoms with Crippen molar-refractivity contribution in [1.82, 2.24) is 0 Å². The Kier molecular flexibility index (Phi) is 6.81. The Labute approximate surface area is 78.6 Å². The molecule has 10 heavy (non-hydrogen) atoms. The van der Waals surface area contributed by atoms with Gasteiger partial charge in [0.25, 0.3) is 0 Å². The molecule has 58 valence electrons. The van der Waals surface area contributed by atoms with Crippen LogP contribution in [0.25, 0.3) is 0 Å². The standard InChI is InChI=1S/C5H4O3.2BrH/c6-5(7)4-2-1-3-8-4;;/h1-3H,(H,6,7);2*1H. The minimum Gasteiger partial charge on any atom is -0.475 e. The number of rotatable bonds is 1. The summed E-state index contributed by atoms with van der Waals surface area (Å²) in [6.07, 6.45) is 1.32. The summed E-state index contributed by atoms with van der Waals surface area (Å²) < 4.78 is 4.50. The highest BCUT2D eigenvalue weighted by atomic mass is 79.9. The van der Waals surface area contributed by atoms with Crippen LogP contribution in [0, 0.1) is 0 Å². The van der Waals surface area contributed by atoms with Crippen molar-refractivity contribution < 1.29 is 14.3 Å². The Morgan fingerprint density at radius 3 is 2.30 bits per heavy atom. The minimum atomic E-state index is -1.03. The van der Waals surface area contributed by atoms with Crippen LogP contribution in [0.15, 0.2) is 22.8 Å². The van der Waals surface area contributed by atoms with Gasteiger partial charge in [-0.25, -0.2) is 4.79 Å². The highest BCUT2D eigenvalue weighted by Crippen LogP contribution is 1.97. The summed E-state index contributed by atoms with van der Waals surface area (Å²) in [5, 5.41) is 8.18. The lowest BCUT2D eigenvalue weighted by Gasteiger charge is -1.79. The van der Waals surface area contributed by atoms with Crippen molar-refractivity contribution in [1.29, 1.82) is 0 Å². The second kappa shape index (κ2) is 5.49. The fraction of sp³-hybridized carbons (Fsp3) is 0. The molecule has 0 aromatic carbocycles. The Morgan fingerprint density at radius 2 is 2.10 bits per heavy atom. The van der Waals surface area contributed by atoms with E-state index in [1.807, 2.05) is 0 Å². The van der Waals surface area contributed by atoms with Gasteiger partial charge in [-0.1, -0.05) is 0 Å². The second-order valence-corrected chi connectivity index (χ2v) is 1.28. The molecule has 3 nitrogen and oxygen atoms in total. The monoisotopic (exact) mass is 272 g/mol. The van der Waals surface area contributed by atoms with Crippen molar-refractivity contribution >= 4 is 39.9 Å². The topological polar surface area (TPSA) is 50.4 Å². The summed E-state index contributed by atoms with van der Waals surface area (Å²) in [6.45, 7) is 0. The van der Waals surface area contributed by atoms with E-state index in [4.69, 9.17) is 5.11 Å². The lowest BCUT2D eigenvalue weighted by molar-refractivity contribution is 0.0662. The molecule has 0 amide bonds. The molecule has 1 aromatic heterocycles. The highest BCUT2D eigenvalue weighted by molar-refractivity contribution is 8.93. The number of carbonyl (C=O) groups is 1. The van der Waals surface area contributed by atoms with Crippen molar-refractivity contribution in [3.05, 3.63) is 24.2 Å². The van der Waals surface area contributed by atoms with Gasteiger partial charge in [0, 0.05) is 0 Å². The number of hydrogen-bond acceptors (Lipinski definition) is 2. The van der Waals surface area contributed by atoms with Crippen LogP contribution >= 0.6 is 34.0 Å². The van der Waals surface area contributed by atoms with Crippen LogP contribution < -0.4 is 0 Å². The van der Waals surface area contributed by atoms with Gasteiger partial charge in [0.05, 0.1) is 6.26 Å². The normalized spacial score (nSPS) is 7.20. The van der Waals surface area contributed by atoms with Gasteiger partial charge in [-0.2, -0.15) is 0 Å². The molecule has 0 atom stereocenters. The molecule has 0 fully saturated rings. The van der Waals surface area contributed by atoms with Crippen molar-refractivity contribution in [2.45, 2.75) is 0 Å². The Balaban J connectivity index is 0. The van der Waals surface area contributed by atoms with Gasteiger partial charge in [-0.15, -0.1) is 34.0 Å². The molecular weight excluding hydrogens is 268 g/mol. The second-order valence-electron chi connectivity index (χ2n) is 1.28. The molecule has 0 aliphatic rings. The van der Waals surface area contributed by atoms with Gasteiger partial charge in [-0.3, -0.25) is 0 Å². The number of aromatic carboxylic acids is 1. The number of carboxylic acid groups (broad SMARTS) is 1. The first-order valence-electron chi connectivity index (χ1n) is 2.07. The maximum Gasteiger partial charge on any atom is 0.371 e. The van der Waals surface area contributed by atoms with E-state index in [1.165, 1.54) is 18.4 Å². The predicted octanol–water partition coefficient (Wildman–Crippen LogP) is 2.13. The SMILES string of the molecule is Br.Br.O=C(O)c1ccco1. The largest absolute Gasteiger partial charge is 0.475 e. The average molecular weight is 274 g/mol. The molecule has 0 saturated heterocycles. The van der Waals surface area contributed by atoms with Gasteiger partial charge in [0.2, 0.25) is 5.76 Å². The number of hydrogen-bond donors (Lipinski definition) is 1. The van der Waals surface area contributed by atoms with Gasteiger partial charge in [0.1, 0.15) is 0 Å². The molecule has 0 unspecified atom stereocenters. The highest BCUT2D eigenvalue weighted by Gasteiger charge is 2.01. The molecule has 0 radical (unpaired) electrons. The van der Waals surface area contributed by atoms with E-state index in [-0.39, 0.29) is 39.7 Å². The van der Waals surface area contributed by atoms with E-state index in [1.54, 1.807) is 0 Å². The Hall–Kier alpha value is -0.290. The molecule has 0 aliphatic carbocycles. The molecule has 1 rings (SSSR count). The van der Waals surface area contributed by atoms with E-state index >= 15 is 0 Å². The zero-order valence-corrected chi connectivity index (χ0v) is 8.24. The molecule has 0 bridgehead atoms. The fourth-order valence-corrected chi connectivity index (χ4v) is 0.400. The molecule has 0 spiro atoms. The quantitative estimate of drug-likeness (QED) is 0.853. The number of carboxylic acids is 1. The van der Waals surface area contributed by atoms with Gasteiger partial charge >= 0.3 is 5.97 Å². The van der Waals surface area contributed by atoms with Crippen molar-refractivity contribution in [2.24, 2.45) is 0 Å². The van der Waals surface area contributed by atoms with E-state index in [2.05, 4.69) is 4.42 Å². The van der Waals surface area contributed by atoms with E-state index in [9.17, 15) is 4.79 Å². The van der Waals surface area contributed by atoms with Gasteiger partial charge in [-0.05, 0) is 12.1 Å². The first-order valence-corrected chi connectivity index (χ1v) is 2.07. The third-order valence-electron chi connectivity index (χ3n) is 0.732. The van der Waals surface area contributed by atoms with E-state index in [0.717, 1.165) is 0 Å². The summed E-state index contributed by atoms with van der Waals surface area (Å²) in [4.78, 5) is 9.97. The Bertz CT molecular complexity index is 183. The smallest absolute Gasteiger partial charge is 0.371 e. The first kappa shape index (κ1) is 12.4. The minimum absolute atomic E-state index is 0. The summed E-state index contributed by atoms with van der Waals surface area (Å²) in [5.74, 6) is -1.06. The molecular formula is C5H6Br2O3. The lowest BCUT2D eigenvalue weighted by atomic mass is 10.5. The number of furan rings is 1. The third-order valence-corrected chi connectivity index (χ3v) is 0.732. The molecule has 1 N–H and O–H groups in total. The average Bonchev–Trinajstić information content (AvgIpc) is 2.12. The van der Waals surface area contributed by atoms with Crippen LogP contribution in [0.1, 0.15) is 10.6 Å². The predicted molar refractivity (Wildman–Crippen MR) is 46.3 cm³/mol. The lowest BCUT2D eigenvalue weighted by Crippen LogP contribution is -1.90. The van der Waals surface area contributed by atoms with Crippen LogP contribution in [0.4, 0.5) is 0 Å². The zero-order chi connectivity index (χ0) is 5.98. The van der Waals surface area contributed by atoms with Crippen LogP contribution in [0.5, 0.6) is 0 Å².